The van der Waals surface area contributed by atoms with E-state index in [2.05, 4.69) is 0 Å². The van der Waals surface area contributed by atoms with Gasteiger partial charge in [-0.25, -0.2) is 0 Å². The second-order valence-corrected chi connectivity index (χ2v) is 9.03. The van der Waals surface area contributed by atoms with Crippen LogP contribution in [-0.2, 0) is 4.79 Å². The van der Waals surface area contributed by atoms with E-state index in [0.29, 0.717) is 11.3 Å². The molecule has 0 spiro atoms. The number of hydrogen-bond acceptors (Lipinski definition) is 5. The summed E-state index contributed by atoms with van der Waals surface area (Å²) in [5.41, 5.74) is -0.820. The summed E-state index contributed by atoms with van der Waals surface area (Å²) in [6, 6.07) is 21.7. The molecule has 2 aliphatic rings. The molecule has 6 rings (SSSR count). The smallest absolute Gasteiger partial charge is 0.327 e. The molecule has 0 amide bonds. The van der Waals surface area contributed by atoms with Crippen molar-refractivity contribution in [3.63, 3.8) is 0 Å². The Labute approximate surface area is 190 Å². The van der Waals surface area contributed by atoms with Gasteiger partial charge in [-0.2, -0.15) is 0 Å². The molecular formula is C28H20O5. The molecule has 4 aromatic rings. The van der Waals surface area contributed by atoms with Crippen molar-refractivity contribution in [2.24, 2.45) is 10.8 Å². The third-order valence-electron chi connectivity index (χ3n) is 7.38. The second-order valence-electron chi connectivity index (χ2n) is 9.03. The molecule has 3 atom stereocenters. The Balaban J connectivity index is 1.63. The zero-order chi connectivity index (χ0) is 23.0. The molecule has 0 N–H and O–H groups in total. The van der Waals surface area contributed by atoms with Crippen molar-refractivity contribution >= 4 is 28.3 Å². The van der Waals surface area contributed by atoms with E-state index < -0.39 is 28.5 Å². The van der Waals surface area contributed by atoms with E-state index in [0.717, 1.165) is 21.9 Å². The van der Waals surface area contributed by atoms with E-state index >= 15 is 0 Å². The number of carbonyl (C=O) groups is 3. The van der Waals surface area contributed by atoms with E-state index in [1.807, 2.05) is 49.4 Å². The fraction of sp³-hybridized carbons (Fsp3) is 0.179. The molecule has 0 unspecified atom stereocenters. The average Bonchev–Trinajstić information content (AvgIpc) is 3.13. The van der Waals surface area contributed by atoms with Gasteiger partial charge in [-0.3, -0.25) is 14.4 Å². The summed E-state index contributed by atoms with van der Waals surface area (Å²) in [6.07, 6.45) is 1.39. The number of aryl methyl sites for hydroxylation is 1. The Bertz CT molecular complexity index is 1460. The molecule has 3 aromatic carbocycles. The highest BCUT2D eigenvalue weighted by Crippen LogP contribution is 2.79. The number of esters is 1. The van der Waals surface area contributed by atoms with Crippen LogP contribution in [0.3, 0.4) is 0 Å². The van der Waals surface area contributed by atoms with Gasteiger partial charge in [0.2, 0.25) is 5.78 Å². The lowest BCUT2D eigenvalue weighted by molar-refractivity contribution is -0.140. The van der Waals surface area contributed by atoms with Gasteiger partial charge in [0.15, 0.2) is 17.0 Å². The summed E-state index contributed by atoms with van der Waals surface area (Å²) in [7, 11) is 0. The van der Waals surface area contributed by atoms with Gasteiger partial charge in [-0.05, 0) is 35.9 Å². The van der Waals surface area contributed by atoms with Crippen LogP contribution in [0.2, 0.25) is 0 Å². The van der Waals surface area contributed by atoms with Crippen LogP contribution in [-0.4, -0.2) is 17.5 Å². The highest BCUT2D eigenvalue weighted by atomic mass is 16.5. The second kappa shape index (κ2) is 6.51. The summed E-state index contributed by atoms with van der Waals surface area (Å²) in [6.45, 7) is 3.65. The number of ketones is 2. The molecule has 5 heteroatoms. The van der Waals surface area contributed by atoms with Gasteiger partial charge in [0, 0.05) is 17.0 Å². The lowest BCUT2D eigenvalue weighted by atomic mass is 9.83. The molecule has 0 bridgehead atoms. The summed E-state index contributed by atoms with van der Waals surface area (Å²) >= 11 is 0. The minimum Gasteiger partial charge on any atom is -0.461 e. The molecule has 0 radical (unpaired) electrons. The molecule has 2 heterocycles. The van der Waals surface area contributed by atoms with Crippen LogP contribution in [0, 0.1) is 17.8 Å². The lowest BCUT2D eigenvalue weighted by Crippen LogP contribution is -2.39. The summed E-state index contributed by atoms with van der Waals surface area (Å²) in [5, 5.41) is 1.81. The molecule has 0 saturated heterocycles. The summed E-state index contributed by atoms with van der Waals surface area (Å²) in [4.78, 5) is 41.4. The van der Waals surface area contributed by atoms with Crippen molar-refractivity contribution in [2.75, 3.05) is 0 Å². The van der Waals surface area contributed by atoms with Crippen LogP contribution in [0.5, 0.6) is 5.75 Å². The van der Waals surface area contributed by atoms with E-state index in [1.165, 1.54) is 12.3 Å². The topological polar surface area (TPSA) is 73.6 Å². The molecule has 1 aliphatic carbocycles. The molecule has 5 nitrogen and oxygen atoms in total. The number of rotatable bonds is 4. The van der Waals surface area contributed by atoms with Crippen molar-refractivity contribution in [1.82, 2.24) is 0 Å². The first-order valence-electron chi connectivity index (χ1n) is 10.8. The maximum atomic E-state index is 14.0. The molecule has 1 fully saturated rings. The summed E-state index contributed by atoms with van der Waals surface area (Å²) in [5.74, 6) is -1.72. The number of furan rings is 1. The zero-order valence-electron chi connectivity index (χ0n) is 18.1. The van der Waals surface area contributed by atoms with Crippen molar-refractivity contribution < 1.29 is 23.5 Å². The SMILES string of the molecule is Cc1ccc(C(=O)[C@]2(C)[C@@H]3c4c(ccc5ccccc45)OC(=O)[C@@]32C(=O)c2ccco2)cc1. The maximum absolute atomic E-state index is 14.0. The van der Waals surface area contributed by atoms with Gasteiger partial charge in [0.25, 0.3) is 0 Å². The lowest BCUT2D eigenvalue weighted by Gasteiger charge is -2.23. The Kier molecular flexibility index (Phi) is 3.88. The molecule has 33 heavy (non-hydrogen) atoms. The number of fused-ring (bicyclic) bond motifs is 5. The number of ether oxygens (including phenoxy) is 1. The Morgan fingerprint density at radius 1 is 0.879 bits per heavy atom. The molecule has 162 valence electrons. The third-order valence-corrected chi connectivity index (χ3v) is 7.38. The van der Waals surface area contributed by atoms with Crippen LogP contribution in [0.1, 0.15) is 44.9 Å². The van der Waals surface area contributed by atoms with Gasteiger partial charge in [0.1, 0.15) is 5.75 Å². The van der Waals surface area contributed by atoms with Gasteiger partial charge >= 0.3 is 5.97 Å². The van der Waals surface area contributed by atoms with Crippen LogP contribution < -0.4 is 4.74 Å². The number of carbonyl (C=O) groups excluding carboxylic acids is 3. The van der Waals surface area contributed by atoms with Crippen LogP contribution in [0.25, 0.3) is 10.8 Å². The van der Waals surface area contributed by atoms with E-state index in [1.54, 1.807) is 31.2 Å². The van der Waals surface area contributed by atoms with E-state index in [4.69, 9.17) is 9.15 Å². The van der Waals surface area contributed by atoms with Crippen LogP contribution in [0.4, 0.5) is 0 Å². The number of benzene rings is 3. The first-order chi connectivity index (χ1) is 15.9. The third kappa shape index (κ3) is 2.34. The fourth-order valence-electron chi connectivity index (χ4n) is 5.67. The van der Waals surface area contributed by atoms with Crippen LogP contribution in [0.15, 0.2) is 83.5 Å². The largest absolute Gasteiger partial charge is 0.461 e. The zero-order valence-corrected chi connectivity index (χ0v) is 18.1. The average molecular weight is 436 g/mol. The van der Waals surface area contributed by atoms with Crippen molar-refractivity contribution in [3.05, 3.63) is 102 Å². The van der Waals surface area contributed by atoms with Gasteiger partial charge in [0.05, 0.1) is 11.7 Å². The van der Waals surface area contributed by atoms with Crippen molar-refractivity contribution in [1.29, 1.82) is 0 Å². The van der Waals surface area contributed by atoms with E-state index in [9.17, 15) is 14.4 Å². The summed E-state index contributed by atoms with van der Waals surface area (Å²) < 4.78 is 11.2. The molecule has 1 saturated carbocycles. The molecule has 1 aliphatic heterocycles. The van der Waals surface area contributed by atoms with Crippen LogP contribution >= 0.6 is 0 Å². The monoisotopic (exact) mass is 436 g/mol. The number of Topliss-reactive ketones (excluding diaryl/α,β-unsaturated/α-hetero) is 2. The van der Waals surface area contributed by atoms with Crippen molar-refractivity contribution in [2.45, 2.75) is 19.8 Å². The Morgan fingerprint density at radius 2 is 1.64 bits per heavy atom. The molecule has 1 aromatic heterocycles. The van der Waals surface area contributed by atoms with Crippen molar-refractivity contribution in [3.8, 4) is 5.75 Å². The highest BCUT2D eigenvalue weighted by Gasteiger charge is 2.88. The predicted octanol–water partition coefficient (Wildman–Crippen LogP) is 5.52. The Morgan fingerprint density at radius 3 is 2.36 bits per heavy atom. The van der Waals surface area contributed by atoms with Gasteiger partial charge in [-0.1, -0.05) is 67.1 Å². The number of hydrogen-bond donors (Lipinski definition) is 0. The quantitative estimate of drug-likeness (QED) is 0.182. The Hall–Kier alpha value is -3.99. The normalized spacial score (nSPS) is 25.2. The maximum Gasteiger partial charge on any atom is 0.327 e. The first kappa shape index (κ1) is 19.7. The van der Waals surface area contributed by atoms with E-state index in [-0.39, 0.29) is 11.5 Å². The minimum absolute atomic E-state index is 0.0427. The highest BCUT2D eigenvalue weighted by molar-refractivity contribution is 6.25. The standard InChI is InChI=1S/C28H20O5/c1-16-9-11-18(12-10-16)24(29)27(2)23-22-19-7-4-3-6-17(19)13-14-20(22)33-26(31)28(23,27)25(30)21-8-5-15-32-21/h3-15,23H,1-2H3/t23-,27-,28-/m0/s1. The molecular weight excluding hydrogens is 416 g/mol. The van der Waals surface area contributed by atoms with Gasteiger partial charge < -0.3 is 9.15 Å². The fourth-order valence-corrected chi connectivity index (χ4v) is 5.67. The minimum atomic E-state index is -1.69. The first-order valence-corrected chi connectivity index (χ1v) is 10.8. The van der Waals surface area contributed by atoms with Gasteiger partial charge in [-0.15, -0.1) is 0 Å². The predicted molar refractivity (Wildman–Crippen MR) is 121 cm³/mol.